The summed E-state index contributed by atoms with van der Waals surface area (Å²) in [6, 6.07) is 6.00. The van der Waals surface area contributed by atoms with Crippen molar-refractivity contribution in [3.8, 4) is 0 Å². The average Bonchev–Trinajstić information content (AvgIpc) is 3.13. The van der Waals surface area contributed by atoms with E-state index in [-0.39, 0.29) is 41.2 Å². The van der Waals surface area contributed by atoms with Gasteiger partial charge in [-0.05, 0) is 24.3 Å². The van der Waals surface area contributed by atoms with Crippen LogP contribution in [0.25, 0.3) is 0 Å². The number of fused-ring (bicyclic) bond motifs is 5. The van der Waals surface area contributed by atoms with Crippen LogP contribution in [-0.4, -0.2) is 17.0 Å². The number of allylic oxidation sites excluding steroid dienone is 2. The number of anilines is 1. The largest absolute Gasteiger partial charge is 0.595 e. The fourth-order valence-electron chi connectivity index (χ4n) is 3.93. The van der Waals surface area contributed by atoms with E-state index in [9.17, 15) is 14.8 Å². The van der Waals surface area contributed by atoms with Crippen LogP contribution in [0.4, 0.5) is 11.4 Å². The first-order valence-corrected chi connectivity index (χ1v) is 6.97. The molecular formula is C15H14N2O4. The van der Waals surface area contributed by atoms with Crippen molar-refractivity contribution in [2.75, 3.05) is 4.90 Å². The zero-order chi connectivity index (χ0) is 14.7. The molecule has 6 nitrogen and oxygen atoms in total. The van der Waals surface area contributed by atoms with Gasteiger partial charge in [0.1, 0.15) is 0 Å². The average molecular weight is 286 g/mol. The maximum atomic E-state index is 12.6. The molecule has 1 heterocycles. The fraction of sp³-hybridized carbons (Fsp3) is 0.333. The van der Waals surface area contributed by atoms with Crippen LogP contribution in [0.2, 0.25) is 0 Å². The SMILES string of the molecule is O=C1[C@@H]2[C@H](C(=O)N1c1cccc([NH+]([O-])O)c1)[C@@H]1C=C[C@@H]2C1. The van der Waals surface area contributed by atoms with Crippen LogP contribution < -0.4 is 10.1 Å². The first-order chi connectivity index (χ1) is 10.1. The number of benzene rings is 1. The van der Waals surface area contributed by atoms with E-state index in [1.165, 1.54) is 17.0 Å². The zero-order valence-electron chi connectivity index (χ0n) is 11.1. The Labute approximate surface area is 120 Å². The van der Waals surface area contributed by atoms with Crippen molar-refractivity contribution in [2.24, 2.45) is 23.7 Å². The first kappa shape index (κ1) is 12.7. The molecule has 3 aliphatic rings. The highest BCUT2D eigenvalue weighted by atomic mass is 16.8. The van der Waals surface area contributed by atoms with Gasteiger partial charge >= 0.3 is 0 Å². The number of carbonyl (C=O) groups is 2. The van der Waals surface area contributed by atoms with Gasteiger partial charge < -0.3 is 5.21 Å². The summed E-state index contributed by atoms with van der Waals surface area (Å²) < 4.78 is 0. The number of imide groups is 1. The van der Waals surface area contributed by atoms with Gasteiger partial charge in [-0.2, -0.15) is 5.23 Å². The molecule has 1 saturated carbocycles. The molecule has 5 atom stereocenters. The van der Waals surface area contributed by atoms with Crippen LogP contribution in [0.15, 0.2) is 36.4 Å². The maximum absolute atomic E-state index is 12.6. The van der Waals surface area contributed by atoms with Crippen molar-refractivity contribution >= 4 is 23.2 Å². The van der Waals surface area contributed by atoms with Gasteiger partial charge in [-0.15, -0.1) is 0 Å². The van der Waals surface area contributed by atoms with Crippen molar-refractivity contribution in [3.05, 3.63) is 41.6 Å². The third-order valence-electron chi connectivity index (χ3n) is 4.82. The number of nitrogens with one attached hydrogen (secondary N) is 1. The number of amides is 2. The van der Waals surface area contributed by atoms with E-state index in [2.05, 4.69) is 0 Å². The lowest BCUT2D eigenvalue weighted by atomic mass is 9.85. The van der Waals surface area contributed by atoms with Gasteiger partial charge in [0.05, 0.1) is 17.5 Å². The van der Waals surface area contributed by atoms with Crippen molar-refractivity contribution < 1.29 is 20.0 Å². The minimum absolute atomic E-state index is 0.0752. The molecule has 1 aliphatic heterocycles. The number of nitrogens with zero attached hydrogens (tertiary/aromatic N) is 1. The van der Waals surface area contributed by atoms with Crippen molar-refractivity contribution in [3.63, 3.8) is 0 Å². The van der Waals surface area contributed by atoms with Gasteiger partial charge in [0.25, 0.3) is 0 Å². The predicted molar refractivity (Wildman–Crippen MR) is 72.4 cm³/mol. The molecule has 6 heteroatoms. The smallest absolute Gasteiger partial charge is 0.238 e. The molecule has 4 rings (SSSR count). The Morgan fingerprint density at radius 2 is 1.76 bits per heavy atom. The number of rotatable bonds is 2. The Hall–Kier alpha value is -2.02. The van der Waals surface area contributed by atoms with Crippen LogP contribution in [0.1, 0.15) is 6.42 Å². The van der Waals surface area contributed by atoms with E-state index in [1.807, 2.05) is 12.2 Å². The molecule has 1 aromatic rings. The Bertz CT molecular complexity index is 639. The fourth-order valence-corrected chi connectivity index (χ4v) is 3.93. The molecule has 0 spiro atoms. The van der Waals surface area contributed by atoms with E-state index < -0.39 is 5.23 Å². The van der Waals surface area contributed by atoms with E-state index in [4.69, 9.17) is 5.21 Å². The van der Waals surface area contributed by atoms with E-state index in [1.54, 1.807) is 12.1 Å². The third-order valence-corrected chi connectivity index (χ3v) is 4.82. The summed E-state index contributed by atoms with van der Waals surface area (Å²) in [7, 11) is 0. The summed E-state index contributed by atoms with van der Waals surface area (Å²) in [6.07, 6.45) is 4.96. The lowest BCUT2D eigenvalue weighted by Crippen LogP contribution is -2.99. The minimum Gasteiger partial charge on any atom is -0.595 e. The van der Waals surface area contributed by atoms with E-state index in [0.717, 1.165) is 6.42 Å². The molecule has 1 unspecified atom stereocenters. The second-order valence-corrected chi connectivity index (χ2v) is 5.87. The molecular weight excluding hydrogens is 272 g/mol. The summed E-state index contributed by atoms with van der Waals surface area (Å²) in [4.78, 5) is 26.4. The monoisotopic (exact) mass is 286 g/mol. The zero-order valence-corrected chi connectivity index (χ0v) is 11.1. The molecule has 2 bridgehead atoms. The number of carbonyl (C=O) groups excluding carboxylic acids is 2. The molecule has 2 aliphatic carbocycles. The molecule has 1 saturated heterocycles. The van der Waals surface area contributed by atoms with Gasteiger partial charge in [-0.25, -0.2) is 10.1 Å². The van der Waals surface area contributed by atoms with E-state index >= 15 is 0 Å². The number of hydrogen-bond donors (Lipinski definition) is 2. The number of quaternary nitrogens is 1. The Morgan fingerprint density at radius 3 is 2.33 bits per heavy atom. The van der Waals surface area contributed by atoms with Crippen LogP contribution in [0, 0.1) is 28.9 Å². The standard InChI is InChI=1S/C15H14N2O4/c18-14-12-8-4-5-9(6-8)13(12)15(19)16(14)10-2-1-3-11(7-10)17(20)21/h1-5,7-9,12-13,17,20H,6H2/t8-,9-,12-,13+/m1/s1. The minimum atomic E-state index is -1.07. The lowest BCUT2D eigenvalue weighted by Gasteiger charge is -2.19. The lowest BCUT2D eigenvalue weighted by molar-refractivity contribution is -0.991. The second-order valence-electron chi connectivity index (χ2n) is 5.87. The summed E-state index contributed by atoms with van der Waals surface area (Å²) in [5.41, 5.74) is 0.435. The van der Waals surface area contributed by atoms with Crippen molar-refractivity contribution in [1.82, 2.24) is 0 Å². The van der Waals surface area contributed by atoms with Crippen LogP contribution in [-0.2, 0) is 9.59 Å². The highest BCUT2D eigenvalue weighted by Gasteiger charge is 2.59. The highest BCUT2D eigenvalue weighted by Crippen LogP contribution is 2.53. The van der Waals surface area contributed by atoms with Gasteiger partial charge in [-0.1, -0.05) is 18.2 Å². The number of hydrogen-bond acceptors (Lipinski definition) is 4. The van der Waals surface area contributed by atoms with Gasteiger partial charge in [-0.3, -0.25) is 9.59 Å². The Kier molecular flexibility index (Phi) is 2.56. The topological polar surface area (TPSA) is 85.1 Å². The molecule has 0 radical (unpaired) electrons. The van der Waals surface area contributed by atoms with E-state index in [0.29, 0.717) is 5.69 Å². The predicted octanol–water partition coefficient (Wildman–Crippen LogP) is 0.402. The molecule has 108 valence electrons. The van der Waals surface area contributed by atoms with Crippen LogP contribution in [0.3, 0.4) is 0 Å². The summed E-state index contributed by atoms with van der Waals surface area (Å²) in [5, 5.41) is 19.0. The summed E-state index contributed by atoms with van der Waals surface area (Å²) >= 11 is 0. The first-order valence-electron chi connectivity index (χ1n) is 6.97. The second kappa shape index (κ2) is 4.24. The Balaban J connectivity index is 1.73. The molecule has 2 N–H and O–H groups in total. The molecule has 0 aromatic heterocycles. The van der Waals surface area contributed by atoms with Crippen molar-refractivity contribution in [1.29, 1.82) is 0 Å². The molecule has 2 amide bonds. The van der Waals surface area contributed by atoms with Gasteiger partial charge in [0.2, 0.25) is 11.8 Å². The normalized spacial score (nSPS) is 34.7. The quantitative estimate of drug-likeness (QED) is 0.468. The maximum Gasteiger partial charge on any atom is 0.238 e. The third kappa shape index (κ3) is 1.64. The van der Waals surface area contributed by atoms with Gasteiger partial charge in [0, 0.05) is 12.1 Å². The summed E-state index contributed by atoms with van der Waals surface area (Å²) in [5.74, 6) is -0.594. The summed E-state index contributed by atoms with van der Waals surface area (Å²) in [6.45, 7) is 0. The van der Waals surface area contributed by atoms with Crippen LogP contribution in [0.5, 0.6) is 0 Å². The molecule has 21 heavy (non-hydrogen) atoms. The molecule has 1 aromatic carbocycles. The Morgan fingerprint density at radius 1 is 1.14 bits per heavy atom. The molecule has 2 fully saturated rings. The van der Waals surface area contributed by atoms with Crippen molar-refractivity contribution in [2.45, 2.75) is 6.42 Å². The van der Waals surface area contributed by atoms with Crippen LogP contribution >= 0.6 is 0 Å². The van der Waals surface area contributed by atoms with Gasteiger partial charge in [0.15, 0.2) is 5.69 Å². The highest BCUT2D eigenvalue weighted by molar-refractivity contribution is 6.22.